The lowest BCUT2D eigenvalue weighted by Gasteiger charge is -2.08. The number of fused-ring (bicyclic) bond motifs is 1. The summed E-state index contributed by atoms with van der Waals surface area (Å²) in [5.74, 6) is 1.97. The van der Waals surface area contributed by atoms with Gasteiger partial charge in [-0.05, 0) is 24.6 Å². The van der Waals surface area contributed by atoms with Gasteiger partial charge in [0, 0.05) is 5.56 Å². The molecule has 6 heteroatoms. The van der Waals surface area contributed by atoms with Gasteiger partial charge >= 0.3 is 0 Å². The number of rotatable bonds is 3. The third-order valence-electron chi connectivity index (χ3n) is 2.79. The normalized spacial score (nSPS) is 12.5. The summed E-state index contributed by atoms with van der Waals surface area (Å²) in [7, 11) is 0. The zero-order valence-corrected chi connectivity index (χ0v) is 11.0. The maximum absolute atomic E-state index is 5.90. The van der Waals surface area contributed by atoms with Crippen LogP contribution in [0.5, 0.6) is 17.4 Å². The molecule has 19 heavy (non-hydrogen) atoms. The smallest absolute Gasteiger partial charge is 0.231 e. The SMILES string of the molecule is Cc1c(Cl)ncnc1OCc1ccc2c(c1)OCO2. The standard InChI is InChI=1S/C13H11ClN2O3/c1-8-12(14)15-6-16-13(8)17-5-9-2-3-10-11(4-9)19-7-18-10/h2-4,6H,5,7H2,1H3. The van der Waals surface area contributed by atoms with Crippen LogP contribution < -0.4 is 14.2 Å². The minimum absolute atomic E-state index is 0.264. The molecule has 0 saturated carbocycles. The Kier molecular flexibility index (Phi) is 3.13. The summed E-state index contributed by atoms with van der Waals surface area (Å²) in [5.41, 5.74) is 1.70. The highest BCUT2D eigenvalue weighted by molar-refractivity contribution is 6.30. The Morgan fingerprint density at radius 2 is 2.11 bits per heavy atom. The fourth-order valence-electron chi connectivity index (χ4n) is 1.74. The summed E-state index contributed by atoms with van der Waals surface area (Å²) < 4.78 is 16.2. The Hall–Kier alpha value is -2.01. The third-order valence-corrected chi connectivity index (χ3v) is 3.17. The van der Waals surface area contributed by atoms with E-state index in [1.54, 1.807) is 0 Å². The third kappa shape index (κ3) is 2.42. The second-order valence-electron chi connectivity index (χ2n) is 4.07. The first kappa shape index (κ1) is 12.0. The highest BCUT2D eigenvalue weighted by Gasteiger charge is 2.13. The predicted octanol–water partition coefficient (Wildman–Crippen LogP) is 2.75. The summed E-state index contributed by atoms with van der Waals surface area (Å²) in [6, 6.07) is 5.67. The van der Waals surface area contributed by atoms with Crippen molar-refractivity contribution in [2.45, 2.75) is 13.5 Å². The molecular weight excluding hydrogens is 268 g/mol. The van der Waals surface area contributed by atoms with Crippen molar-refractivity contribution in [3.8, 4) is 17.4 Å². The van der Waals surface area contributed by atoms with Crippen molar-refractivity contribution in [3.63, 3.8) is 0 Å². The molecule has 0 spiro atoms. The monoisotopic (exact) mass is 278 g/mol. The number of nitrogens with zero attached hydrogens (tertiary/aromatic N) is 2. The largest absolute Gasteiger partial charge is 0.472 e. The van der Waals surface area contributed by atoms with Crippen molar-refractivity contribution in [1.82, 2.24) is 9.97 Å². The maximum Gasteiger partial charge on any atom is 0.231 e. The molecular formula is C13H11ClN2O3. The molecule has 0 unspecified atom stereocenters. The fraction of sp³-hybridized carbons (Fsp3) is 0.231. The average Bonchev–Trinajstić information content (AvgIpc) is 2.88. The van der Waals surface area contributed by atoms with E-state index in [4.69, 9.17) is 25.8 Å². The lowest BCUT2D eigenvalue weighted by molar-refractivity contribution is 0.174. The van der Waals surface area contributed by atoms with Crippen molar-refractivity contribution in [3.05, 3.63) is 40.8 Å². The van der Waals surface area contributed by atoms with Gasteiger partial charge in [0.25, 0.3) is 0 Å². The molecule has 0 saturated heterocycles. The molecule has 98 valence electrons. The molecule has 1 aliphatic rings. The Morgan fingerprint density at radius 3 is 3.00 bits per heavy atom. The Morgan fingerprint density at radius 1 is 1.26 bits per heavy atom. The second kappa shape index (κ2) is 4.93. The molecule has 5 nitrogen and oxygen atoms in total. The molecule has 0 amide bonds. The second-order valence-corrected chi connectivity index (χ2v) is 4.43. The molecule has 2 heterocycles. The van der Waals surface area contributed by atoms with Gasteiger partial charge in [0.1, 0.15) is 18.1 Å². The van der Waals surface area contributed by atoms with Crippen LogP contribution in [0, 0.1) is 6.92 Å². The molecule has 0 atom stereocenters. The van der Waals surface area contributed by atoms with E-state index in [0.717, 1.165) is 22.6 Å². The zero-order chi connectivity index (χ0) is 13.2. The maximum atomic E-state index is 5.90. The first-order chi connectivity index (χ1) is 9.24. The van der Waals surface area contributed by atoms with E-state index >= 15 is 0 Å². The number of benzene rings is 1. The van der Waals surface area contributed by atoms with Gasteiger partial charge in [-0.25, -0.2) is 9.97 Å². The molecule has 0 aliphatic carbocycles. The molecule has 0 bridgehead atoms. The molecule has 1 aromatic heterocycles. The minimum Gasteiger partial charge on any atom is -0.472 e. The van der Waals surface area contributed by atoms with Crippen molar-refractivity contribution in [2.75, 3.05) is 6.79 Å². The number of aromatic nitrogens is 2. The van der Waals surface area contributed by atoms with E-state index in [1.165, 1.54) is 6.33 Å². The highest BCUT2D eigenvalue weighted by atomic mass is 35.5. The lowest BCUT2D eigenvalue weighted by atomic mass is 10.2. The highest BCUT2D eigenvalue weighted by Crippen LogP contribution is 2.32. The molecule has 0 fully saturated rings. The predicted molar refractivity (Wildman–Crippen MR) is 68.7 cm³/mol. The summed E-state index contributed by atoms with van der Waals surface area (Å²) in [6.07, 6.45) is 1.38. The van der Waals surface area contributed by atoms with Crippen molar-refractivity contribution >= 4 is 11.6 Å². The summed E-state index contributed by atoms with van der Waals surface area (Å²) in [6.45, 7) is 2.46. The van der Waals surface area contributed by atoms with Crippen LogP contribution in [0.15, 0.2) is 24.5 Å². The average molecular weight is 279 g/mol. The van der Waals surface area contributed by atoms with Gasteiger partial charge in [-0.3, -0.25) is 0 Å². The number of hydrogen-bond donors (Lipinski definition) is 0. The van der Waals surface area contributed by atoms with Crippen LogP contribution in [0.2, 0.25) is 5.15 Å². The van der Waals surface area contributed by atoms with Gasteiger partial charge in [-0.1, -0.05) is 17.7 Å². The van der Waals surface area contributed by atoms with E-state index in [1.807, 2.05) is 25.1 Å². The van der Waals surface area contributed by atoms with Crippen molar-refractivity contribution in [1.29, 1.82) is 0 Å². The first-order valence-electron chi connectivity index (χ1n) is 5.72. The number of ether oxygens (including phenoxy) is 3. The lowest BCUT2D eigenvalue weighted by Crippen LogP contribution is -2.00. The summed E-state index contributed by atoms with van der Waals surface area (Å²) >= 11 is 5.90. The zero-order valence-electron chi connectivity index (χ0n) is 10.2. The molecule has 1 aliphatic heterocycles. The summed E-state index contributed by atoms with van der Waals surface area (Å²) in [4.78, 5) is 7.93. The van der Waals surface area contributed by atoms with Gasteiger partial charge in [0.15, 0.2) is 11.5 Å². The first-order valence-corrected chi connectivity index (χ1v) is 6.10. The van der Waals surface area contributed by atoms with Crippen LogP contribution >= 0.6 is 11.6 Å². The molecule has 3 rings (SSSR count). The van der Waals surface area contributed by atoms with Gasteiger partial charge in [-0.15, -0.1) is 0 Å². The van der Waals surface area contributed by atoms with E-state index < -0.39 is 0 Å². The van der Waals surface area contributed by atoms with Gasteiger partial charge in [0.2, 0.25) is 12.7 Å². The van der Waals surface area contributed by atoms with E-state index in [0.29, 0.717) is 17.6 Å². The van der Waals surface area contributed by atoms with Gasteiger partial charge in [0.05, 0.1) is 0 Å². The van der Waals surface area contributed by atoms with Crippen molar-refractivity contribution in [2.24, 2.45) is 0 Å². The number of halogens is 1. The number of hydrogen-bond acceptors (Lipinski definition) is 5. The van der Waals surface area contributed by atoms with Gasteiger partial charge < -0.3 is 14.2 Å². The van der Waals surface area contributed by atoms with Crippen LogP contribution in [0.25, 0.3) is 0 Å². The van der Waals surface area contributed by atoms with E-state index in [9.17, 15) is 0 Å². The van der Waals surface area contributed by atoms with Crippen molar-refractivity contribution < 1.29 is 14.2 Å². The molecule has 1 aromatic carbocycles. The van der Waals surface area contributed by atoms with Crippen LogP contribution in [0.4, 0.5) is 0 Å². The van der Waals surface area contributed by atoms with E-state index in [-0.39, 0.29) is 6.79 Å². The van der Waals surface area contributed by atoms with Crippen LogP contribution in [0.1, 0.15) is 11.1 Å². The Labute approximate surface area is 115 Å². The summed E-state index contributed by atoms with van der Waals surface area (Å²) in [5, 5.41) is 0.399. The molecule has 2 aromatic rings. The van der Waals surface area contributed by atoms with Crippen LogP contribution in [-0.2, 0) is 6.61 Å². The van der Waals surface area contributed by atoms with Gasteiger partial charge in [-0.2, -0.15) is 0 Å². The molecule has 0 radical (unpaired) electrons. The molecule has 0 N–H and O–H groups in total. The van der Waals surface area contributed by atoms with E-state index in [2.05, 4.69) is 9.97 Å². The Balaban J connectivity index is 1.74. The van der Waals surface area contributed by atoms with Crippen LogP contribution in [0.3, 0.4) is 0 Å². The fourth-order valence-corrected chi connectivity index (χ4v) is 1.87. The minimum atomic E-state index is 0.264. The quantitative estimate of drug-likeness (QED) is 0.808. The van der Waals surface area contributed by atoms with Crippen LogP contribution in [-0.4, -0.2) is 16.8 Å². The topological polar surface area (TPSA) is 53.5 Å². The Bertz CT molecular complexity index is 619.